The van der Waals surface area contributed by atoms with E-state index in [1.165, 1.54) is 89.2 Å². The number of aromatic nitrogens is 1. The van der Waals surface area contributed by atoms with E-state index in [1.807, 2.05) is 0 Å². The average molecular weight is 964 g/mol. The molecule has 4 nitrogen and oxygen atoms in total. The molecule has 0 N–H and O–H groups in total. The van der Waals surface area contributed by atoms with Crippen LogP contribution in [0.4, 0.5) is 34.1 Å². The fourth-order valence-electron chi connectivity index (χ4n) is 10.9. The number of nitrogens with zero attached hydrogens (tertiary/aromatic N) is 3. The minimum Gasteiger partial charge on any atom is -0.436 e. The average Bonchev–Trinajstić information content (AvgIpc) is 3.72. The minimum absolute atomic E-state index is 0.0555. The van der Waals surface area contributed by atoms with Crippen molar-refractivity contribution in [2.45, 2.75) is 164 Å². The highest BCUT2D eigenvalue weighted by atomic mass is 16.3. The molecule has 0 aliphatic carbocycles. The van der Waals surface area contributed by atoms with Crippen LogP contribution in [-0.4, -0.2) is 11.7 Å². The van der Waals surface area contributed by atoms with Crippen LogP contribution in [0.15, 0.2) is 132 Å². The molecule has 3 heterocycles. The van der Waals surface area contributed by atoms with E-state index in [2.05, 4.69) is 269 Å². The van der Waals surface area contributed by atoms with Crippen LogP contribution in [0.25, 0.3) is 33.7 Å². The number of anilines is 6. The van der Waals surface area contributed by atoms with E-state index in [1.54, 1.807) is 0 Å². The zero-order chi connectivity index (χ0) is 52.7. The van der Waals surface area contributed by atoms with Gasteiger partial charge in [-0.15, -0.1) is 0 Å². The van der Waals surface area contributed by atoms with Gasteiger partial charge in [-0.2, -0.15) is 0 Å². The molecule has 0 atom stereocenters. The molecule has 0 unspecified atom stereocenters. The van der Waals surface area contributed by atoms with Gasteiger partial charge in [-0.05, 0) is 167 Å². The van der Waals surface area contributed by atoms with Gasteiger partial charge in [-0.25, -0.2) is 4.98 Å². The monoisotopic (exact) mass is 964 g/mol. The molecule has 1 aromatic heterocycles. The molecule has 0 fully saturated rings. The van der Waals surface area contributed by atoms with Crippen molar-refractivity contribution in [1.29, 1.82) is 0 Å². The number of aryl methyl sites for hydroxylation is 1. The Balaban J connectivity index is 1.25. The summed E-state index contributed by atoms with van der Waals surface area (Å²) < 4.78 is 6.92. The summed E-state index contributed by atoms with van der Waals surface area (Å²) in [5.41, 5.74) is 24.8. The lowest BCUT2D eigenvalue weighted by Gasteiger charge is -2.45. The Kier molecular flexibility index (Phi) is 11.6. The van der Waals surface area contributed by atoms with Crippen molar-refractivity contribution >= 4 is 68.3 Å². The van der Waals surface area contributed by atoms with Crippen molar-refractivity contribution < 1.29 is 4.42 Å². The topological polar surface area (TPSA) is 32.5 Å². The lowest BCUT2D eigenvalue weighted by Crippen LogP contribution is -2.61. The standard InChI is InChI=1S/C68H78BN3O/c1-41-30-58-61-59(31-41)72(52-36-49(67(14,15)16)33-50(37-52)68(17,18)19)57-40-60-55(70-62(73-60)44-22-20-42(21-23-44)43-24-26-45(27-25-43)63(2,3)4)39-54(57)69(61)53-38-46(64(5,6)7)28-29-56(53)71(58)51-34-47(65(8,9)10)32-48(35-51)66(11,12)13/h20-40H,1-19H3. The molecule has 7 aromatic carbocycles. The summed E-state index contributed by atoms with van der Waals surface area (Å²) in [6.45, 7) is 44.0. The van der Waals surface area contributed by atoms with Gasteiger partial charge in [0.15, 0.2) is 5.58 Å². The summed E-state index contributed by atoms with van der Waals surface area (Å²) in [5, 5.41) is 0. The number of hydrogen-bond donors (Lipinski definition) is 0. The molecule has 5 heteroatoms. The summed E-state index contributed by atoms with van der Waals surface area (Å²) >= 11 is 0. The van der Waals surface area contributed by atoms with Crippen LogP contribution in [0.3, 0.4) is 0 Å². The zero-order valence-electron chi connectivity index (χ0n) is 47.5. The molecule has 0 bridgehead atoms. The molecule has 0 spiro atoms. The summed E-state index contributed by atoms with van der Waals surface area (Å²) in [6, 6.07) is 49.1. The molecule has 0 radical (unpaired) electrons. The van der Waals surface area contributed by atoms with Crippen LogP contribution < -0.4 is 26.2 Å². The number of rotatable bonds is 4. The summed E-state index contributed by atoms with van der Waals surface area (Å²) in [7, 11) is 0. The highest BCUT2D eigenvalue weighted by Gasteiger charge is 2.45. The molecule has 73 heavy (non-hydrogen) atoms. The van der Waals surface area contributed by atoms with Crippen LogP contribution in [0, 0.1) is 6.92 Å². The predicted octanol–water partition coefficient (Wildman–Crippen LogP) is 17.3. The second-order valence-corrected chi connectivity index (χ2v) is 27.7. The Labute approximate surface area is 438 Å². The quantitative estimate of drug-likeness (QED) is 0.165. The number of benzene rings is 7. The summed E-state index contributed by atoms with van der Waals surface area (Å²) in [4.78, 5) is 10.5. The summed E-state index contributed by atoms with van der Waals surface area (Å²) in [6.07, 6.45) is 0. The maximum absolute atomic E-state index is 6.92. The Hall–Kier alpha value is -6.33. The normalized spacial score (nSPS) is 14.2. The third kappa shape index (κ3) is 9.14. The molecular weight excluding hydrogens is 886 g/mol. The van der Waals surface area contributed by atoms with E-state index >= 15 is 0 Å². The fraction of sp³-hybridized carbons (Fsp3) is 0.368. The lowest BCUT2D eigenvalue weighted by atomic mass is 9.33. The van der Waals surface area contributed by atoms with Gasteiger partial charge in [0.2, 0.25) is 5.89 Å². The van der Waals surface area contributed by atoms with Gasteiger partial charge in [-0.3, -0.25) is 0 Å². The molecule has 0 saturated carbocycles. The van der Waals surface area contributed by atoms with Gasteiger partial charge >= 0.3 is 0 Å². The Bertz CT molecular complexity index is 3390. The lowest BCUT2D eigenvalue weighted by molar-refractivity contribution is 0.568. The van der Waals surface area contributed by atoms with Gasteiger partial charge in [-0.1, -0.05) is 185 Å². The van der Waals surface area contributed by atoms with Crippen LogP contribution in [0.5, 0.6) is 0 Å². The largest absolute Gasteiger partial charge is 0.436 e. The van der Waals surface area contributed by atoms with Gasteiger partial charge in [0.1, 0.15) is 5.52 Å². The molecular formula is C68H78BN3O. The number of fused-ring (bicyclic) bond motifs is 5. The molecule has 8 aromatic rings. The summed E-state index contributed by atoms with van der Waals surface area (Å²) in [5.74, 6) is 0.621. The Morgan fingerprint density at radius 2 is 0.767 bits per heavy atom. The number of hydrogen-bond acceptors (Lipinski definition) is 4. The first-order valence-electron chi connectivity index (χ1n) is 26.7. The van der Waals surface area contributed by atoms with Crippen molar-refractivity contribution in [2.24, 2.45) is 0 Å². The molecule has 0 amide bonds. The second kappa shape index (κ2) is 16.9. The first-order valence-corrected chi connectivity index (χ1v) is 26.7. The van der Waals surface area contributed by atoms with E-state index in [4.69, 9.17) is 9.40 Å². The Morgan fingerprint density at radius 3 is 1.22 bits per heavy atom. The van der Waals surface area contributed by atoms with Gasteiger partial charge < -0.3 is 14.2 Å². The third-order valence-corrected chi connectivity index (χ3v) is 15.6. The SMILES string of the molecule is Cc1cc2c3c(c1)N(c1cc(C(C)(C)C)cc(C(C)(C)C)c1)c1cc4oc(-c5ccc(-c6ccc(C(C)(C)C)cc6)cc5)nc4cc1B3c1cc(C(C)(C)C)ccc1N2c1cc(C(C)(C)C)cc(C(C)(C)C)c1. The molecule has 2 aliphatic rings. The molecule has 374 valence electrons. The van der Waals surface area contributed by atoms with Gasteiger partial charge in [0.05, 0.1) is 0 Å². The van der Waals surface area contributed by atoms with E-state index in [0.717, 1.165) is 28.0 Å². The highest BCUT2D eigenvalue weighted by molar-refractivity contribution is 7.00. The van der Waals surface area contributed by atoms with Gasteiger partial charge in [0, 0.05) is 45.8 Å². The van der Waals surface area contributed by atoms with Crippen LogP contribution in [0.1, 0.15) is 164 Å². The third-order valence-electron chi connectivity index (χ3n) is 15.6. The highest BCUT2D eigenvalue weighted by Crippen LogP contribution is 2.48. The Morgan fingerprint density at radius 1 is 0.370 bits per heavy atom. The molecule has 0 saturated heterocycles. The van der Waals surface area contributed by atoms with Crippen LogP contribution in [0.2, 0.25) is 0 Å². The maximum atomic E-state index is 6.92. The van der Waals surface area contributed by atoms with E-state index in [-0.39, 0.29) is 39.2 Å². The van der Waals surface area contributed by atoms with E-state index < -0.39 is 0 Å². The van der Waals surface area contributed by atoms with E-state index in [0.29, 0.717) is 5.89 Å². The van der Waals surface area contributed by atoms with Crippen molar-refractivity contribution in [3.05, 3.63) is 166 Å². The predicted molar refractivity (Wildman–Crippen MR) is 316 cm³/mol. The minimum atomic E-state index is -0.0836. The molecule has 2 aliphatic heterocycles. The second-order valence-electron chi connectivity index (χ2n) is 27.7. The zero-order valence-corrected chi connectivity index (χ0v) is 47.5. The van der Waals surface area contributed by atoms with Crippen molar-refractivity contribution in [3.8, 4) is 22.6 Å². The first-order chi connectivity index (χ1) is 33.8. The fourth-order valence-corrected chi connectivity index (χ4v) is 10.9. The van der Waals surface area contributed by atoms with Crippen LogP contribution >= 0.6 is 0 Å². The van der Waals surface area contributed by atoms with Crippen molar-refractivity contribution in [3.63, 3.8) is 0 Å². The maximum Gasteiger partial charge on any atom is 0.252 e. The number of oxazole rings is 1. The molecule has 10 rings (SSSR count). The smallest absolute Gasteiger partial charge is 0.252 e. The first kappa shape index (κ1) is 50.2. The van der Waals surface area contributed by atoms with E-state index in [9.17, 15) is 0 Å². The van der Waals surface area contributed by atoms with Crippen LogP contribution in [-0.2, 0) is 32.5 Å². The van der Waals surface area contributed by atoms with Crippen molar-refractivity contribution in [2.75, 3.05) is 9.80 Å². The van der Waals surface area contributed by atoms with Gasteiger partial charge in [0.25, 0.3) is 6.71 Å². The van der Waals surface area contributed by atoms with Crippen molar-refractivity contribution in [1.82, 2.24) is 4.98 Å².